The van der Waals surface area contributed by atoms with Gasteiger partial charge in [0.1, 0.15) is 4.24 Å². The maximum absolute atomic E-state index is 13.3. The molecule has 128 valence electrons. The van der Waals surface area contributed by atoms with Gasteiger partial charge in [-0.1, -0.05) is 58.7 Å². The van der Waals surface area contributed by atoms with Gasteiger partial charge in [-0.15, -0.1) is 11.6 Å². The summed E-state index contributed by atoms with van der Waals surface area (Å²) in [6, 6.07) is 0. The third-order valence-electron chi connectivity index (χ3n) is 3.79. The normalized spacial score (nSPS) is 16.0. The quantitative estimate of drug-likeness (QED) is 0.175. The SMILES string of the molecule is CCCCCCCC(Cl)([Si](C)(C)C)P(=O)(OCC)OCC. The Kier molecular flexibility index (Phi) is 10.0. The first kappa shape index (κ1) is 21.7. The van der Waals surface area contributed by atoms with Gasteiger partial charge in [0.2, 0.25) is 0 Å². The second-order valence-corrected chi connectivity index (χ2v) is 15.8. The number of hydrogen-bond acceptors (Lipinski definition) is 3. The van der Waals surface area contributed by atoms with E-state index in [1.807, 2.05) is 13.8 Å². The molecule has 6 heteroatoms. The third kappa shape index (κ3) is 5.99. The van der Waals surface area contributed by atoms with Crippen molar-refractivity contribution in [2.24, 2.45) is 0 Å². The highest BCUT2D eigenvalue weighted by Crippen LogP contribution is 2.67. The molecule has 0 aliphatic rings. The summed E-state index contributed by atoms with van der Waals surface area (Å²) in [6.45, 7) is 13.1. The van der Waals surface area contributed by atoms with Gasteiger partial charge < -0.3 is 9.05 Å². The molecule has 1 unspecified atom stereocenters. The van der Waals surface area contributed by atoms with Gasteiger partial charge in [0.15, 0.2) is 0 Å². The Morgan fingerprint density at radius 2 is 1.43 bits per heavy atom. The van der Waals surface area contributed by atoms with Crippen molar-refractivity contribution in [2.45, 2.75) is 83.2 Å². The van der Waals surface area contributed by atoms with E-state index in [0.717, 1.165) is 12.8 Å². The van der Waals surface area contributed by atoms with Crippen molar-refractivity contribution in [2.75, 3.05) is 13.2 Å². The lowest BCUT2D eigenvalue weighted by atomic mass is 10.1. The van der Waals surface area contributed by atoms with Crippen LogP contribution in [0.5, 0.6) is 0 Å². The summed E-state index contributed by atoms with van der Waals surface area (Å²) in [7, 11) is -5.23. The first-order valence-electron chi connectivity index (χ1n) is 8.26. The van der Waals surface area contributed by atoms with Crippen LogP contribution in [0.25, 0.3) is 0 Å². The molecule has 0 aromatic carbocycles. The van der Waals surface area contributed by atoms with Crippen LogP contribution in [0.2, 0.25) is 19.6 Å². The minimum atomic E-state index is -3.29. The van der Waals surface area contributed by atoms with Crippen LogP contribution in [0.3, 0.4) is 0 Å². The molecule has 3 nitrogen and oxygen atoms in total. The van der Waals surface area contributed by atoms with Crippen LogP contribution < -0.4 is 0 Å². The summed E-state index contributed by atoms with van der Waals surface area (Å²) in [5.41, 5.74) is 0. The van der Waals surface area contributed by atoms with Gasteiger partial charge >= 0.3 is 7.60 Å². The van der Waals surface area contributed by atoms with Crippen molar-refractivity contribution < 1.29 is 13.6 Å². The van der Waals surface area contributed by atoms with E-state index in [0.29, 0.717) is 19.6 Å². The minimum Gasteiger partial charge on any atom is -0.308 e. The van der Waals surface area contributed by atoms with Crippen molar-refractivity contribution >= 4 is 27.3 Å². The highest BCUT2D eigenvalue weighted by atomic mass is 35.5. The molecule has 0 radical (unpaired) electrons. The first-order chi connectivity index (χ1) is 9.68. The van der Waals surface area contributed by atoms with Gasteiger partial charge in [-0.3, -0.25) is 4.57 Å². The molecule has 0 heterocycles. The van der Waals surface area contributed by atoms with Gasteiger partial charge in [0.05, 0.1) is 21.3 Å². The molecule has 0 bridgehead atoms. The van der Waals surface area contributed by atoms with Crippen molar-refractivity contribution in [1.82, 2.24) is 0 Å². The van der Waals surface area contributed by atoms with E-state index >= 15 is 0 Å². The molecular weight excluding hydrogens is 323 g/mol. The van der Waals surface area contributed by atoms with Crippen LogP contribution in [-0.4, -0.2) is 25.5 Å². The summed E-state index contributed by atoms with van der Waals surface area (Å²) >= 11 is 6.94. The van der Waals surface area contributed by atoms with Gasteiger partial charge in [-0.2, -0.15) is 0 Å². The smallest absolute Gasteiger partial charge is 0.308 e. The van der Waals surface area contributed by atoms with Gasteiger partial charge in [0.25, 0.3) is 0 Å². The molecule has 0 saturated carbocycles. The molecule has 0 aromatic rings. The Labute approximate surface area is 137 Å². The van der Waals surface area contributed by atoms with Crippen molar-refractivity contribution in [3.63, 3.8) is 0 Å². The standard InChI is InChI=1S/C15H34ClO3PSi/c1-7-10-11-12-13-14-15(16,21(4,5)6)20(17,18-8-2)19-9-3/h7-14H2,1-6H3. The zero-order chi connectivity index (χ0) is 16.6. The molecule has 21 heavy (non-hydrogen) atoms. The lowest BCUT2D eigenvalue weighted by Gasteiger charge is -2.42. The van der Waals surface area contributed by atoms with Crippen LogP contribution >= 0.6 is 19.2 Å². The predicted octanol–water partition coefficient (Wildman–Crippen LogP) is 6.43. The monoisotopic (exact) mass is 356 g/mol. The van der Waals surface area contributed by atoms with Crippen LogP contribution in [0.15, 0.2) is 0 Å². The van der Waals surface area contributed by atoms with E-state index in [2.05, 4.69) is 26.6 Å². The maximum atomic E-state index is 13.3. The van der Waals surface area contributed by atoms with Crippen molar-refractivity contribution in [1.29, 1.82) is 0 Å². The van der Waals surface area contributed by atoms with Gasteiger partial charge in [-0.25, -0.2) is 0 Å². The number of rotatable bonds is 12. The average Bonchev–Trinajstić information content (AvgIpc) is 2.37. The molecule has 0 aliphatic heterocycles. The molecule has 0 amide bonds. The molecule has 0 N–H and O–H groups in total. The van der Waals surface area contributed by atoms with Crippen LogP contribution in [0, 0.1) is 0 Å². The Bertz CT molecular complexity index is 323. The molecular formula is C15H34ClO3PSi. The predicted molar refractivity (Wildman–Crippen MR) is 96.2 cm³/mol. The summed E-state index contributed by atoms with van der Waals surface area (Å²) < 4.78 is 23.6. The zero-order valence-corrected chi connectivity index (χ0v) is 17.4. The highest BCUT2D eigenvalue weighted by Gasteiger charge is 2.57. The largest absolute Gasteiger partial charge is 0.348 e. The molecule has 1 atom stereocenters. The fourth-order valence-corrected chi connectivity index (χ4v) is 9.09. The Morgan fingerprint density at radius 3 is 1.81 bits per heavy atom. The summed E-state index contributed by atoms with van der Waals surface area (Å²) in [5, 5.41) is 0. The highest BCUT2D eigenvalue weighted by molar-refractivity contribution is 7.61. The topological polar surface area (TPSA) is 35.5 Å². The fraction of sp³-hybridized carbons (Fsp3) is 1.00. The van der Waals surface area contributed by atoms with Gasteiger partial charge in [-0.05, 0) is 20.3 Å². The number of alkyl halides is 1. The lowest BCUT2D eigenvalue weighted by Crippen LogP contribution is -2.48. The molecule has 0 spiro atoms. The lowest BCUT2D eigenvalue weighted by molar-refractivity contribution is 0.212. The van der Waals surface area contributed by atoms with Crippen molar-refractivity contribution in [3.8, 4) is 0 Å². The fourth-order valence-electron chi connectivity index (χ4n) is 2.47. The van der Waals surface area contributed by atoms with Crippen LogP contribution in [-0.2, 0) is 13.6 Å². The third-order valence-corrected chi connectivity index (χ3v) is 14.0. The Morgan fingerprint density at radius 1 is 0.952 bits per heavy atom. The second kappa shape index (κ2) is 9.72. The van der Waals surface area contributed by atoms with Gasteiger partial charge in [0, 0.05) is 0 Å². The molecule has 0 saturated heterocycles. The summed E-state index contributed by atoms with van der Waals surface area (Å²) in [5.74, 6) is 0. The molecule has 0 aromatic heterocycles. The number of unbranched alkanes of at least 4 members (excludes halogenated alkanes) is 4. The molecule has 0 fully saturated rings. The maximum Gasteiger partial charge on any atom is 0.348 e. The molecule has 0 aliphatic carbocycles. The zero-order valence-electron chi connectivity index (χ0n) is 14.7. The van der Waals surface area contributed by atoms with E-state index in [-0.39, 0.29) is 0 Å². The summed E-state index contributed by atoms with van der Waals surface area (Å²) in [4.78, 5) is 0. The van der Waals surface area contributed by atoms with E-state index in [1.165, 1.54) is 19.3 Å². The Balaban J connectivity index is 5.09. The first-order valence-corrected chi connectivity index (χ1v) is 13.7. The minimum absolute atomic E-state index is 0.367. The van der Waals surface area contributed by atoms with E-state index in [1.54, 1.807) is 0 Å². The van der Waals surface area contributed by atoms with E-state index in [9.17, 15) is 4.57 Å². The average molecular weight is 357 g/mol. The molecule has 0 rings (SSSR count). The van der Waals surface area contributed by atoms with E-state index in [4.69, 9.17) is 20.6 Å². The summed E-state index contributed by atoms with van der Waals surface area (Å²) in [6.07, 6.45) is 6.50. The van der Waals surface area contributed by atoms with Crippen LogP contribution in [0.4, 0.5) is 0 Å². The second-order valence-electron chi connectivity index (χ2n) is 6.51. The Hall–Kier alpha value is 0.657. The number of halogens is 1. The number of hydrogen-bond donors (Lipinski definition) is 0. The van der Waals surface area contributed by atoms with E-state index < -0.39 is 19.9 Å². The van der Waals surface area contributed by atoms with Crippen molar-refractivity contribution in [3.05, 3.63) is 0 Å². The van der Waals surface area contributed by atoms with Crippen LogP contribution in [0.1, 0.15) is 59.3 Å².